The summed E-state index contributed by atoms with van der Waals surface area (Å²) in [5.41, 5.74) is 16.0. The lowest BCUT2D eigenvalue weighted by Crippen LogP contribution is -2.11. The second-order valence-corrected chi connectivity index (χ2v) is 14.4. The average Bonchev–Trinajstić information content (AvgIpc) is 3.93. The molecule has 0 N–H and O–H groups in total. The van der Waals surface area contributed by atoms with Crippen LogP contribution < -0.4 is 4.90 Å². The molecule has 11 aromatic rings. The first-order valence-electron chi connectivity index (χ1n) is 19.1. The Morgan fingerprint density at radius 1 is 0.357 bits per heavy atom. The van der Waals surface area contributed by atoms with Crippen LogP contribution in [0.25, 0.3) is 83.1 Å². The molecule has 0 atom stereocenters. The molecule has 0 unspecified atom stereocenters. The molecule has 5 nitrogen and oxygen atoms in total. The zero-order valence-corrected chi connectivity index (χ0v) is 30.3. The van der Waals surface area contributed by atoms with Crippen LogP contribution in [0.15, 0.2) is 200 Å². The molecule has 0 spiro atoms. The molecule has 1 aliphatic rings. The number of rotatable bonds is 4. The number of aromatic nitrogens is 4. The summed E-state index contributed by atoms with van der Waals surface area (Å²) < 4.78 is 6.95. The number of hydrogen-bond acceptors (Lipinski definition) is 2. The zero-order chi connectivity index (χ0) is 36.7. The van der Waals surface area contributed by atoms with E-state index < -0.39 is 0 Å². The Bertz CT molecular complexity index is 3310. The SMILES string of the molecule is c1ccc(N2c3ccccc3-c3c(n(-c4cccc(-n5c6ccccc6c6ccc7c(cnn7-c7ccccc7)c65)c4)c4ccccc34)-c3ccccc32)cc1. The van der Waals surface area contributed by atoms with Crippen molar-refractivity contribution in [1.82, 2.24) is 18.9 Å². The maximum atomic E-state index is 4.93. The van der Waals surface area contributed by atoms with Crippen molar-refractivity contribution < 1.29 is 0 Å². The summed E-state index contributed by atoms with van der Waals surface area (Å²) >= 11 is 0. The van der Waals surface area contributed by atoms with Crippen molar-refractivity contribution in [2.24, 2.45) is 0 Å². The van der Waals surface area contributed by atoms with Crippen molar-refractivity contribution >= 4 is 60.7 Å². The highest BCUT2D eigenvalue weighted by Gasteiger charge is 2.31. The third kappa shape index (κ3) is 4.34. The lowest BCUT2D eigenvalue weighted by molar-refractivity contribution is 0.911. The highest BCUT2D eigenvalue weighted by atomic mass is 15.3. The smallest absolute Gasteiger partial charge is 0.0762 e. The molecular weight excluding hydrogens is 683 g/mol. The number of anilines is 3. The van der Waals surface area contributed by atoms with Gasteiger partial charge in [0.05, 0.1) is 51.0 Å². The van der Waals surface area contributed by atoms with Gasteiger partial charge in [-0.25, -0.2) is 4.68 Å². The van der Waals surface area contributed by atoms with Gasteiger partial charge in [0.2, 0.25) is 0 Å². The van der Waals surface area contributed by atoms with Gasteiger partial charge >= 0.3 is 0 Å². The lowest BCUT2D eigenvalue weighted by atomic mass is 9.98. The van der Waals surface area contributed by atoms with Gasteiger partial charge < -0.3 is 14.0 Å². The van der Waals surface area contributed by atoms with Crippen molar-refractivity contribution in [2.45, 2.75) is 0 Å². The summed E-state index contributed by atoms with van der Waals surface area (Å²) in [6, 6.07) is 69.9. The highest BCUT2D eigenvalue weighted by Crippen LogP contribution is 2.54. The fourth-order valence-electron chi connectivity index (χ4n) is 9.15. The second kappa shape index (κ2) is 11.9. The van der Waals surface area contributed by atoms with E-state index in [2.05, 4.69) is 202 Å². The zero-order valence-electron chi connectivity index (χ0n) is 30.3. The normalized spacial score (nSPS) is 12.2. The average molecular weight is 716 g/mol. The van der Waals surface area contributed by atoms with Gasteiger partial charge in [-0.1, -0.05) is 115 Å². The maximum absolute atomic E-state index is 4.93. The molecule has 0 saturated heterocycles. The number of hydrogen-bond donors (Lipinski definition) is 0. The van der Waals surface area contributed by atoms with E-state index in [0.717, 1.165) is 56.1 Å². The molecule has 0 amide bonds. The molecule has 262 valence electrons. The molecule has 56 heavy (non-hydrogen) atoms. The Labute approximate surface area is 323 Å². The largest absolute Gasteiger partial charge is 0.309 e. The Kier molecular flexibility index (Phi) is 6.56. The van der Waals surface area contributed by atoms with E-state index in [1.54, 1.807) is 0 Å². The molecule has 12 rings (SSSR count). The van der Waals surface area contributed by atoms with Crippen molar-refractivity contribution in [3.8, 4) is 39.4 Å². The van der Waals surface area contributed by atoms with Gasteiger partial charge in [-0.2, -0.15) is 5.10 Å². The molecule has 4 heterocycles. The molecule has 5 heteroatoms. The summed E-state index contributed by atoms with van der Waals surface area (Å²) in [4.78, 5) is 2.42. The minimum Gasteiger partial charge on any atom is -0.309 e. The Morgan fingerprint density at radius 2 is 0.929 bits per heavy atom. The summed E-state index contributed by atoms with van der Waals surface area (Å²) in [5, 5.41) is 9.69. The first kappa shape index (κ1) is 30.8. The first-order valence-corrected chi connectivity index (χ1v) is 19.1. The van der Waals surface area contributed by atoms with E-state index in [4.69, 9.17) is 5.10 Å². The Morgan fingerprint density at radius 3 is 1.70 bits per heavy atom. The standard InChI is InChI=1S/C51H33N5/c1-3-16-34(17-4-1)53-45-27-12-8-23-40(45)49-41-24-9-13-28-46(41)55(51(49)42-25-10-14-29-47(42)53)37-21-15-20-36(32-37)54-44-26-11-7-22-38(44)39-30-31-48-43(50(39)54)33-52-56(48)35-18-5-2-6-19-35/h1-33H. The van der Waals surface area contributed by atoms with E-state index in [1.807, 2.05) is 16.9 Å². The predicted octanol–water partition coefficient (Wildman–Crippen LogP) is 13.2. The number of benzene rings is 8. The van der Waals surface area contributed by atoms with Crippen LogP contribution in [-0.2, 0) is 0 Å². The van der Waals surface area contributed by atoms with Crippen LogP contribution in [0.4, 0.5) is 17.1 Å². The summed E-state index contributed by atoms with van der Waals surface area (Å²) in [5.74, 6) is 0. The summed E-state index contributed by atoms with van der Waals surface area (Å²) in [6.07, 6.45) is 2.02. The van der Waals surface area contributed by atoms with E-state index >= 15 is 0 Å². The Balaban J connectivity index is 1.15. The molecule has 0 fully saturated rings. The summed E-state index contributed by atoms with van der Waals surface area (Å²) in [7, 11) is 0. The molecule has 0 aliphatic carbocycles. The minimum absolute atomic E-state index is 1.04. The number of para-hydroxylation sites is 6. The molecule has 8 aromatic carbocycles. The van der Waals surface area contributed by atoms with E-state index in [-0.39, 0.29) is 0 Å². The van der Waals surface area contributed by atoms with Gasteiger partial charge in [0.25, 0.3) is 0 Å². The van der Waals surface area contributed by atoms with Crippen LogP contribution >= 0.6 is 0 Å². The van der Waals surface area contributed by atoms with Crippen molar-refractivity contribution in [3.05, 3.63) is 200 Å². The van der Waals surface area contributed by atoms with Crippen molar-refractivity contribution in [2.75, 3.05) is 4.90 Å². The van der Waals surface area contributed by atoms with E-state index in [0.29, 0.717) is 0 Å². The van der Waals surface area contributed by atoms with Crippen LogP contribution in [0.1, 0.15) is 0 Å². The van der Waals surface area contributed by atoms with Gasteiger partial charge in [-0.15, -0.1) is 0 Å². The fourth-order valence-corrected chi connectivity index (χ4v) is 9.15. The molecule has 0 saturated carbocycles. The topological polar surface area (TPSA) is 30.9 Å². The second-order valence-electron chi connectivity index (χ2n) is 14.4. The van der Waals surface area contributed by atoms with Crippen LogP contribution in [-0.4, -0.2) is 18.9 Å². The maximum Gasteiger partial charge on any atom is 0.0762 e. The van der Waals surface area contributed by atoms with Gasteiger partial charge in [-0.3, -0.25) is 0 Å². The number of nitrogens with zero attached hydrogens (tertiary/aromatic N) is 5. The summed E-state index contributed by atoms with van der Waals surface area (Å²) in [6.45, 7) is 0. The van der Waals surface area contributed by atoms with Gasteiger partial charge in [0, 0.05) is 55.3 Å². The van der Waals surface area contributed by atoms with Crippen molar-refractivity contribution in [1.29, 1.82) is 0 Å². The van der Waals surface area contributed by atoms with E-state index in [1.165, 1.54) is 44.1 Å². The lowest BCUT2D eigenvalue weighted by Gasteiger charge is -2.27. The molecule has 3 aromatic heterocycles. The van der Waals surface area contributed by atoms with Crippen LogP contribution in [0.2, 0.25) is 0 Å². The quantitative estimate of drug-likeness (QED) is 0.182. The number of fused-ring (bicyclic) bond motifs is 12. The van der Waals surface area contributed by atoms with Crippen molar-refractivity contribution in [3.63, 3.8) is 0 Å². The monoisotopic (exact) mass is 715 g/mol. The third-order valence-electron chi connectivity index (χ3n) is 11.4. The van der Waals surface area contributed by atoms with Gasteiger partial charge in [0.15, 0.2) is 0 Å². The molecule has 0 bridgehead atoms. The minimum atomic E-state index is 1.04. The van der Waals surface area contributed by atoms with Crippen LogP contribution in [0.5, 0.6) is 0 Å². The molecule has 1 aliphatic heterocycles. The van der Waals surface area contributed by atoms with Gasteiger partial charge in [0.1, 0.15) is 0 Å². The first-order chi connectivity index (χ1) is 27.8. The molecule has 0 radical (unpaired) electrons. The molecular formula is C51H33N5. The van der Waals surface area contributed by atoms with Crippen LogP contribution in [0.3, 0.4) is 0 Å². The van der Waals surface area contributed by atoms with E-state index in [9.17, 15) is 0 Å². The Hall–Kier alpha value is -7.63. The van der Waals surface area contributed by atoms with Gasteiger partial charge in [-0.05, 0) is 78.9 Å². The fraction of sp³-hybridized carbons (Fsp3) is 0. The third-order valence-corrected chi connectivity index (χ3v) is 11.4. The van der Waals surface area contributed by atoms with Crippen LogP contribution in [0, 0.1) is 0 Å². The predicted molar refractivity (Wildman–Crippen MR) is 231 cm³/mol. The highest BCUT2D eigenvalue weighted by molar-refractivity contribution is 6.18.